The monoisotopic (exact) mass is 390 g/mol. The van der Waals surface area contributed by atoms with E-state index in [0.717, 1.165) is 10.0 Å². The first kappa shape index (κ1) is 18.1. The summed E-state index contributed by atoms with van der Waals surface area (Å²) in [6.45, 7) is 3.90. The van der Waals surface area contributed by atoms with Crippen molar-refractivity contribution in [2.24, 2.45) is 0 Å². The number of esters is 1. The summed E-state index contributed by atoms with van der Waals surface area (Å²) >= 11 is 3.33. The predicted molar refractivity (Wildman–Crippen MR) is 97.6 cm³/mol. The Kier molecular flexibility index (Phi) is 6.44. The molecule has 0 spiro atoms. The number of benzene rings is 2. The van der Waals surface area contributed by atoms with Crippen molar-refractivity contribution in [1.82, 2.24) is 0 Å². The summed E-state index contributed by atoms with van der Waals surface area (Å²) in [6.07, 6.45) is 3.10. The van der Waals surface area contributed by atoms with E-state index in [9.17, 15) is 4.79 Å². The fourth-order valence-corrected chi connectivity index (χ4v) is 2.22. The molecular weight excluding hydrogens is 372 g/mol. The molecule has 0 aliphatic rings. The van der Waals surface area contributed by atoms with Crippen LogP contribution in [0.2, 0.25) is 0 Å². The van der Waals surface area contributed by atoms with E-state index in [4.69, 9.17) is 14.2 Å². The number of hydrogen-bond acceptors (Lipinski definition) is 4. The predicted octanol–water partition coefficient (Wildman–Crippen LogP) is 4.86. The van der Waals surface area contributed by atoms with Crippen LogP contribution in [-0.2, 0) is 4.79 Å². The summed E-state index contributed by atoms with van der Waals surface area (Å²) < 4.78 is 17.1. The second-order valence-corrected chi connectivity index (χ2v) is 6.20. The molecule has 2 aromatic rings. The second-order valence-electron chi connectivity index (χ2n) is 5.29. The lowest BCUT2D eigenvalue weighted by Gasteiger charge is -2.13. The van der Waals surface area contributed by atoms with Crippen LogP contribution in [0.25, 0.3) is 6.08 Å². The van der Waals surface area contributed by atoms with Crippen molar-refractivity contribution >= 4 is 28.0 Å². The SMILES string of the molecule is COc1cc(/C=C/C(=O)Oc2ccc(Br)cc2)ccc1OC(C)C. The van der Waals surface area contributed by atoms with Crippen LogP contribution in [0.15, 0.2) is 53.0 Å². The van der Waals surface area contributed by atoms with Gasteiger partial charge in [-0.1, -0.05) is 22.0 Å². The lowest BCUT2D eigenvalue weighted by Crippen LogP contribution is -2.06. The highest BCUT2D eigenvalue weighted by molar-refractivity contribution is 9.10. The molecule has 0 aromatic heterocycles. The molecule has 4 nitrogen and oxygen atoms in total. The van der Waals surface area contributed by atoms with Gasteiger partial charge in [0.2, 0.25) is 0 Å². The van der Waals surface area contributed by atoms with Gasteiger partial charge >= 0.3 is 5.97 Å². The van der Waals surface area contributed by atoms with Gasteiger partial charge < -0.3 is 14.2 Å². The quantitative estimate of drug-likeness (QED) is 0.401. The van der Waals surface area contributed by atoms with Gasteiger partial charge in [0, 0.05) is 10.5 Å². The van der Waals surface area contributed by atoms with Gasteiger partial charge in [0.05, 0.1) is 13.2 Å². The minimum atomic E-state index is -0.446. The van der Waals surface area contributed by atoms with Crippen LogP contribution in [0.4, 0.5) is 0 Å². The number of carbonyl (C=O) groups is 1. The molecule has 0 atom stereocenters. The molecule has 0 saturated heterocycles. The molecule has 0 saturated carbocycles. The first-order valence-corrected chi connectivity index (χ1v) is 8.27. The number of carbonyl (C=O) groups excluding carboxylic acids is 1. The third-order valence-electron chi connectivity index (χ3n) is 2.99. The minimum Gasteiger partial charge on any atom is -0.493 e. The molecule has 0 unspecified atom stereocenters. The van der Waals surface area contributed by atoms with Crippen LogP contribution in [0.3, 0.4) is 0 Å². The molecule has 2 rings (SSSR count). The Morgan fingerprint density at radius 3 is 2.42 bits per heavy atom. The maximum absolute atomic E-state index is 11.9. The average Bonchev–Trinajstić information content (AvgIpc) is 2.55. The molecule has 2 aromatic carbocycles. The van der Waals surface area contributed by atoms with Crippen LogP contribution in [-0.4, -0.2) is 19.2 Å². The Balaban J connectivity index is 2.05. The van der Waals surface area contributed by atoms with Crippen molar-refractivity contribution in [1.29, 1.82) is 0 Å². The van der Waals surface area contributed by atoms with Crippen LogP contribution in [0.1, 0.15) is 19.4 Å². The normalized spacial score (nSPS) is 10.9. The van der Waals surface area contributed by atoms with Crippen molar-refractivity contribution in [3.05, 3.63) is 58.6 Å². The van der Waals surface area contributed by atoms with Gasteiger partial charge in [-0.05, 0) is 61.9 Å². The van der Waals surface area contributed by atoms with E-state index in [2.05, 4.69) is 15.9 Å². The van der Waals surface area contributed by atoms with Crippen LogP contribution in [0, 0.1) is 0 Å². The Morgan fingerprint density at radius 1 is 1.08 bits per heavy atom. The maximum atomic E-state index is 11.9. The smallest absolute Gasteiger partial charge is 0.336 e. The van der Waals surface area contributed by atoms with E-state index in [1.165, 1.54) is 6.08 Å². The van der Waals surface area contributed by atoms with Gasteiger partial charge in [-0.3, -0.25) is 0 Å². The highest BCUT2D eigenvalue weighted by atomic mass is 79.9. The highest BCUT2D eigenvalue weighted by Gasteiger charge is 2.07. The zero-order valence-electron chi connectivity index (χ0n) is 13.8. The standard InChI is InChI=1S/C19H19BrO4/c1-13(2)23-17-10-4-14(12-18(17)22-3)5-11-19(21)24-16-8-6-15(20)7-9-16/h4-13H,1-3H3/b11-5+. The molecule has 126 valence electrons. The van der Waals surface area contributed by atoms with Crippen molar-refractivity contribution in [3.63, 3.8) is 0 Å². The molecule has 0 aliphatic carbocycles. The molecule has 0 radical (unpaired) electrons. The van der Waals surface area contributed by atoms with Gasteiger partial charge in [-0.25, -0.2) is 4.79 Å². The van der Waals surface area contributed by atoms with E-state index in [-0.39, 0.29) is 6.10 Å². The fourth-order valence-electron chi connectivity index (χ4n) is 1.96. The summed E-state index contributed by atoms with van der Waals surface area (Å²) in [5.74, 6) is 1.33. The van der Waals surface area contributed by atoms with E-state index in [1.54, 1.807) is 31.4 Å². The van der Waals surface area contributed by atoms with E-state index in [0.29, 0.717) is 17.2 Å². The molecule has 0 aliphatic heterocycles. The van der Waals surface area contributed by atoms with E-state index in [1.807, 2.05) is 38.1 Å². The highest BCUT2D eigenvalue weighted by Crippen LogP contribution is 2.29. The Hall–Kier alpha value is -2.27. The summed E-state index contributed by atoms with van der Waals surface area (Å²) in [4.78, 5) is 11.9. The van der Waals surface area contributed by atoms with Crippen molar-refractivity contribution in [2.45, 2.75) is 20.0 Å². The van der Waals surface area contributed by atoms with Crippen molar-refractivity contribution < 1.29 is 19.0 Å². The third kappa shape index (κ3) is 5.42. The summed E-state index contributed by atoms with van der Waals surface area (Å²) in [5, 5.41) is 0. The van der Waals surface area contributed by atoms with Crippen molar-refractivity contribution in [3.8, 4) is 17.2 Å². The molecule has 0 amide bonds. The molecule has 0 bridgehead atoms. The molecule has 24 heavy (non-hydrogen) atoms. The van der Waals surface area contributed by atoms with Crippen LogP contribution in [0.5, 0.6) is 17.2 Å². The fraction of sp³-hybridized carbons (Fsp3) is 0.211. The Morgan fingerprint density at radius 2 is 1.79 bits per heavy atom. The van der Waals surface area contributed by atoms with Gasteiger partial charge in [0.1, 0.15) is 5.75 Å². The summed E-state index contributed by atoms with van der Waals surface area (Å²) in [7, 11) is 1.58. The topological polar surface area (TPSA) is 44.8 Å². The first-order valence-electron chi connectivity index (χ1n) is 7.48. The Labute approximate surface area is 150 Å². The zero-order chi connectivity index (χ0) is 17.5. The molecule has 0 N–H and O–H groups in total. The lowest BCUT2D eigenvalue weighted by molar-refractivity contribution is -0.128. The number of rotatable bonds is 6. The number of ether oxygens (including phenoxy) is 3. The van der Waals surface area contributed by atoms with Crippen LogP contribution < -0.4 is 14.2 Å². The molecule has 0 fully saturated rings. The third-order valence-corrected chi connectivity index (χ3v) is 3.52. The maximum Gasteiger partial charge on any atom is 0.336 e. The van der Waals surface area contributed by atoms with E-state index < -0.39 is 5.97 Å². The number of hydrogen-bond donors (Lipinski definition) is 0. The minimum absolute atomic E-state index is 0.0566. The second kappa shape index (κ2) is 8.55. The van der Waals surface area contributed by atoms with Gasteiger partial charge in [0.25, 0.3) is 0 Å². The average molecular weight is 391 g/mol. The summed E-state index contributed by atoms with van der Waals surface area (Å²) in [5.41, 5.74) is 0.815. The van der Waals surface area contributed by atoms with Gasteiger partial charge in [-0.15, -0.1) is 0 Å². The lowest BCUT2D eigenvalue weighted by atomic mass is 10.2. The first-order chi connectivity index (χ1) is 11.5. The van der Waals surface area contributed by atoms with Crippen LogP contribution >= 0.6 is 15.9 Å². The zero-order valence-corrected chi connectivity index (χ0v) is 15.4. The summed E-state index contributed by atoms with van der Waals surface area (Å²) in [6, 6.07) is 12.5. The van der Waals surface area contributed by atoms with Gasteiger partial charge in [-0.2, -0.15) is 0 Å². The molecular formula is C19H19BrO4. The molecule has 0 heterocycles. The van der Waals surface area contributed by atoms with E-state index >= 15 is 0 Å². The number of halogens is 1. The number of methoxy groups -OCH3 is 1. The van der Waals surface area contributed by atoms with Crippen molar-refractivity contribution in [2.75, 3.05) is 7.11 Å². The molecule has 5 heteroatoms. The largest absolute Gasteiger partial charge is 0.493 e. The Bertz CT molecular complexity index is 721. The van der Waals surface area contributed by atoms with Gasteiger partial charge in [0.15, 0.2) is 11.5 Å².